The molecule has 0 N–H and O–H groups in total. The molecule has 0 aliphatic carbocycles. The Bertz CT molecular complexity index is 2990. The molecule has 0 spiro atoms. The minimum atomic E-state index is -0.0851. The van der Waals surface area contributed by atoms with Crippen LogP contribution in [0.3, 0.4) is 0 Å². The zero-order valence-corrected chi connectivity index (χ0v) is 37.0. The van der Waals surface area contributed by atoms with Gasteiger partial charge in [-0.2, -0.15) is 0 Å². The minimum absolute atomic E-state index is 0.0819. The Morgan fingerprint density at radius 2 is 0.621 bits per heavy atom. The maximum absolute atomic E-state index is 8.25. The topological polar surface area (TPSA) is 123 Å². The second-order valence-electron chi connectivity index (χ2n) is 19.5. The second-order valence-corrected chi connectivity index (χ2v) is 19.5. The predicted molar refractivity (Wildman–Crippen MR) is 229 cm³/mol. The van der Waals surface area contributed by atoms with Crippen LogP contribution < -0.4 is 9.97 Å². The van der Waals surface area contributed by atoms with E-state index in [2.05, 4.69) is 156 Å². The zero-order valence-electron chi connectivity index (χ0n) is 35.4. The molecule has 0 amide bonds. The fraction of sp³-hybridized carbons (Fsp3) is 0.333. The molecule has 9 nitrogen and oxygen atoms in total. The Hall–Kier alpha value is -5.25. The Morgan fingerprint density at radius 1 is 0.345 bits per heavy atom. The van der Waals surface area contributed by atoms with Crippen LogP contribution in [0.25, 0.3) is 89.7 Å². The van der Waals surface area contributed by atoms with Gasteiger partial charge >= 0.3 is 23.7 Å². The zero-order chi connectivity index (χ0) is 41.7. The Kier molecular flexibility index (Phi) is 9.33. The summed E-state index contributed by atoms with van der Waals surface area (Å²) >= 11 is 0.750. The molecular weight excluding hydrogens is 752 g/mol. The average Bonchev–Trinajstić information content (AvgIpc) is 3.88. The van der Waals surface area contributed by atoms with Crippen molar-refractivity contribution < 1.29 is 23.7 Å². The number of aromatic nitrogens is 8. The van der Waals surface area contributed by atoms with E-state index in [1.54, 1.807) is 0 Å². The molecule has 2 aliphatic rings. The van der Waals surface area contributed by atoms with Crippen LogP contribution in [0.2, 0.25) is 0 Å². The van der Waals surface area contributed by atoms with E-state index < -0.39 is 0 Å². The molecule has 0 fully saturated rings. The van der Waals surface area contributed by atoms with Crippen molar-refractivity contribution in [2.24, 2.45) is 0 Å². The van der Waals surface area contributed by atoms with Gasteiger partial charge in [0.15, 0.2) is 0 Å². The van der Waals surface area contributed by atoms with Crippen LogP contribution in [0.15, 0.2) is 72.8 Å². The molecule has 3 aromatic heterocycles. The Labute approximate surface area is 351 Å². The van der Waals surface area contributed by atoms with Gasteiger partial charge in [-0.05, 0) is 89.7 Å². The molecule has 7 aromatic rings. The van der Waals surface area contributed by atoms with Crippen molar-refractivity contribution in [3.8, 4) is 45.6 Å². The summed E-state index contributed by atoms with van der Waals surface area (Å²) in [6.45, 7) is 26.6. The van der Waals surface area contributed by atoms with Crippen molar-refractivity contribution in [3.05, 3.63) is 95.1 Å². The summed E-state index contributed by atoms with van der Waals surface area (Å²) in [6, 6.07) is 25.9. The molecule has 0 saturated carbocycles. The van der Waals surface area contributed by atoms with Crippen molar-refractivity contribution in [2.75, 3.05) is 0 Å². The van der Waals surface area contributed by atoms with E-state index in [1.807, 2.05) is 0 Å². The van der Waals surface area contributed by atoms with E-state index in [-0.39, 0.29) is 21.7 Å². The number of hydrogen-bond acceptors (Lipinski definition) is 7. The van der Waals surface area contributed by atoms with Crippen LogP contribution in [0.5, 0.6) is 0 Å². The fourth-order valence-electron chi connectivity index (χ4n) is 7.53. The maximum atomic E-state index is 8.25. The summed E-state index contributed by atoms with van der Waals surface area (Å²) in [4.78, 5) is 41.6. The third-order valence-electron chi connectivity index (χ3n) is 11.2. The van der Waals surface area contributed by atoms with Crippen molar-refractivity contribution in [1.29, 1.82) is 0 Å². The molecule has 0 unspecified atom stereocenters. The fourth-order valence-corrected chi connectivity index (χ4v) is 7.53. The molecule has 4 aromatic carbocycles. The summed E-state index contributed by atoms with van der Waals surface area (Å²) in [5, 5.41) is 3.64. The summed E-state index contributed by atoms with van der Waals surface area (Å²) in [5.74, 6) is 2.24. The van der Waals surface area contributed by atoms with E-state index in [9.17, 15) is 0 Å². The number of fused-ring (bicyclic) bond motifs is 20. The first-order valence-corrected chi connectivity index (χ1v) is 20.4. The van der Waals surface area contributed by atoms with Gasteiger partial charge in [0.25, 0.3) is 0 Å². The third-order valence-corrected chi connectivity index (χ3v) is 11.2. The quantitative estimate of drug-likeness (QED) is 0.138. The first-order chi connectivity index (χ1) is 27.2. The van der Waals surface area contributed by atoms with Crippen LogP contribution in [-0.4, -0.2) is 29.9 Å². The van der Waals surface area contributed by atoms with Gasteiger partial charge in [0.1, 0.15) is 0 Å². The number of hydrogen-bond donors (Lipinski definition) is 0. The van der Waals surface area contributed by atoms with E-state index in [0.29, 0.717) is 45.9 Å². The van der Waals surface area contributed by atoms with Gasteiger partial charge in [-0.15, -0.1) is 0 Å². The van der Waals surface area contributed by atoms with Crippen LogP contribution in [0.1, 0.15) is 105 Å². The van der Waals surface area contributed by atoms with Crippen LogP contribution in [0, 0.1) is 0 Å². The molecule has 290 valence electrons. The molecule has 2 aliphatic heterocycles. The standard InChI is InChI=1S/C48H48N8.O.Ti/c1-45(2,3)25-13-17-29-33(21-25)41-50-37(29)49-38-30-18-14-26(46(4,5)6)22-34(30)42(51-38)53-40-32-20-16-28(48(10,11)12)24-36(32)44(55-40)56-43-35-23-27(47(7,8)9)15-19-31(35)39(52-41)54-43;;/h13-24H,1-12H3;;/q-2;;+2. The normalized spacial score (nSPS) is 13.0. The Balaban J connectivity index is 0.00000231. The molecule has 5 heterocycles. The van der Waals surface area contributed by atoms with Crippen molar-refractivity contribution in [2.45, 2.75) is 105 Å². The molecule has 0 atom stereocenters. The van der Waals surface area contributed by atoms with E-state index >= 15 is 0 Å². The molecule has 0 radical (unpaired) electrons. The van der Waals surface area contributed by atoms with E-state index in [0.717, 1.165) is 64.2 Å². The van der Waals surface area contributed by atoms with Gasteiger partial charge in [0, 0.05) is 44.8 Å². The van der Waals surface area contributed by atoms with E-state index in [1.165, 1.54) is 22.3 Å². The van der Waals surface area contributed by atoms with Gasteiger partial charge in [-0.1, -0.05) is 132 Å². The van der Waals surface area contributed by atoms with Crippen LogP contribution >= 0.6 is 0 Å². The third kappa shape index (κ3) is 6.92. The molecule has 9 rings (SSSR count). The van der Waals surface area contributed by atoms with Crippen LogP contribution in [-0.2, 0) is 45.4 Å². The first kappa shape index (κ1) is 39.6. The number of nitrogens with zero attached hydrogens (tertiary/aromatic N) is 8. The summed E-state index contributed by atoms with van der Waals surface area (Å²) in [7, 11) is 0. The van der Waals surface area contributed by atoms with Gasteiger partial charge in [-0.25, -0.2) is 9.97 Å². The molecule has 0 saturated heterocycles. The molecule has 10 heteroatoms. The predicted octanol–water partition coefficient (Wildman–Crippen LogP) is 11.2. The SMILES string of the molecule is CC(C)(C)c1ccc2c(c1)-c1nc-2nc2[n-]c(nc3nc(nc4[n-]c(n1)c1ccc(C(C)(C)C)cc41)-c1cc(C(C)(C)C)ccc1-3)c1cc(C(C)(C)C)ccc21.[O]=[Ti+2]. The molecule has 8 bridgehead atoms. The first-order valence-electron chi connectivity index (χ1n) is 19.7. The van der Waals surface area contributed by atoms with E-state index in [4.69, 9.17) is 43.2 Å². The second kappa shape index (κ2) is 13.7. The molecular formula is C48H48N8OTi. The summed E-state index contributed by atoms with van der Waals surface area (Å²) in [6.07, 6.45) is 0. The summed E-state index contributed by atoms with van der Waals surface area (Å²) in [5.41, 5.74) is 10.3. The monoisotopic (exact) mass is 800 g/mol. The van der Waals surface area contributed by atoms with Gasteiger partial charge in [0.05, 0.1) is 23.3 Å². The Morgan fingerprint density at radius 3 is 0.948 bits per heavy atom. The average molecular weight is 801 g/mol. The van der Waals surface area contributed by atoms with Crippen molar-refractivity contribution >= 4 is 44.1 Å². The van der Waals surface area contributed by atoms with Gasteiger partial charge in [-0.3, -0.25) is 0 Å². The number of rotatable bonds is 0. The number of benzene rings is 4. The van der Waals surface area contributed by atoms with Gasteiger partial charge in [0.2, 0.25) is 0 Å². The van der Waals surface area contributed by atoms with Crippen LogP contribution in [0.4, 0.5) is 0 Å². The van der Waals surface area contributed by atoms with Gasteiger partial charge < -0.3 is 29.9 Å². The van der Waals surface area contributed by atoms with Crippen molar-refractivity contribution in [1.82, 2.24) is 39.9 Å². The van der Waals surface area contributed by atoms with Crippen molar-refractivity contribution in [3.63, 3.8) is 0 Å². The molecule has 58 heavy (non-hydrogen) atoms. The summed E-state index contributed by atoms with van der Waals surface area (Å²) < 4.78 is 8.25.